The molecule has 2 aromatic heterocycles. The zero-order chi connectivity index (χ0) is 21.3. The third kappa shape index (κ3) is 4.56. The van der Waals surface area contributed by atoms with Crippen molar-refractivity contribution in [3.8, 4) is 0 Å². The molecule has 6 nitrogen and oxygen atoms in total. The van der Waals surface area contributed by atoms with Crippen LogP contribution in [0.25, 0.3) is 0 Å². The third-order valence-corrected chi connectivity index (χ3v) is 4.88. The van der Waals surface area contributed by atoms with Crippen molar-refractivity contribution in [2.24, 2.45) is 0 Å². The van der Waals surface area contributed by atoms with Crippen LogP contribution in [0.2, 0.25) is 10.0 Å². The van der Waals surface area contributed by atoms with Gasteiger partial charge in [-0.05, 0) is 32.0 Å². The molecule has 3 rings (SSSR count). The number of benzene rings is 1. The fourth-order valence-corrected chi connectivity index (χ4v) is 3.17. The van der Waals surface area contributed by atoms with Gasteiger partial charge in [0.25, 0.3) is 6.43 Å². The van der Waals surface area contributed by atoms with E-state index in [1.807, 2.05) is 0 Å². The van der Waals surface area contributed by atoms with E-state index in [2.05, 4.69) is 15.5 Å². The second-order valence-electron chi connectivity index (χ2n) is 6.34. The minimum atomic E-state index is -2.74. The largest absolute Gasteiger partial charge is 0.306 e. The molecular weight excluding hydrogens is 430 g/mol. The SMILES string of the molecule is Cc1cc(C(F)F)nn1C(C)C(=O)Nc1nn(Cc2c(F)cccc2Cl)cc1Cl. The number of halogens is 5. The molecule has 0 fully saturated rings. The molecule has 0 saturated heterocycles. The number of amides is 1. The molecule has 0 aliphatic heterocycles. The maximum Gasteiger partial charge on any atom is 0.282 e. The molecule has 0 aliphatic carbocycles. The maximum atomic E-state index is 14.0. The first-order valence-corrected chi connectivity index (χ1v) is 9.24. The Kier molecular flexibility index (Phi) is 6.18. The van der Waals surface area contributed by atoms with Gasteiger partial charge in [0.2, 0.25) is 5.91 Å². The summed E-state index contributed by atoms with van der Waals surface area (Å²) in [6, 6.07) is 4.64. The Labute approximate surface area is 174 Å². The lowest BCUT2D eigenvalue weighted by Crippen LogP contribution is -2.25. The molecule has 1 unspecified atom stereocenters. The van der Waals surface area contributed by atoms with Gasteiger partial charge in [-0.3, -0.25) is 14.2 Å². The number of aryl methyl sites for hydroxylation is 1. The highest BCUT2D eigenvalue weighted by molar-refractivity contribution is 6.33. The summed E-state index contributed by atoms with van der Waals surface area (Å²) in [5.41, 5.74) is 0.228. The van der Waals surface area contributed by atoms with E-state index in [9.17, 15) is 18.0 Å². The van der Waals surface area contributed by atoms with Gasteiger partial charge < -0.3 is 5.32 Å². The highest BCUT2D eigenvalue weighted by atomic mass is 35.5. The summed E-state index contributed by atoms with van der Waals surface area (Å²) in [4.78, 5) is 12.5. The van der Waals surface area contributed by atoms with Crippen LogP contribution >= 0.6 is 23.2 Å². The zero-order valence-electron chi connectivity index (χ0n) is 15.3. The van der Waals surface area contributed by atoms with Gasteiger partial charge in [-0.25, -0.2) is 13.2 Å². The number of hydrogen-bond acceptors (Lipinski definition) is 3. The molecule has 29 heavy (non-hydrogen) atoms. The highest BCUT2D eigenvalue weighted by Crippen LogP contribution is 2.25. The van der Waals surface area contributed by atoms with Crippen LogP contribution in [0.3, 0.4) is 0 Å². The van der Waals surface area contributed by atoms with Gasteiger partial charge in [-0.2, -0.15) is 10.2 Å². The molecule has 1 atom stereocenters. The highest BCUT2D eigenvalue weighted by Gasteiger charge is 2.23. The number of carbonyl (C=O) groups is 1. The van der Waals surface area contributed by atoms with Crippen molar-refractivity contribution >= 4 is 34.9 Å². The first-order valence-electron chi connectivity index (χ1n) is 8.48. The lowest BCUT2D eigenvalue weighted by Gasteiger charge is -2.13. The Morgan fingerprint density at radius 1 is 1.24 bits per heavy atom. The predicted octanol–water partition coefficient (Wildman–Crippen LogP) is 5.02. The average molecular weight is 446 g/mol. The Morgan fingerprint density at radius 2 is 1.97 bits per heavy atom. The van der Waals surface area contributed by atoms with E-state index in [0.717, 1.165) is 0 Å². The summed E-state index contributed by atoms with van der Waals surface area (Å²) in [6.45, 7) is 3.09. The van der Waals surface area contributed by atoms with E-state index in [1.165, 1.54) is 40.7 Å². The predicted molar refractivity (Wildman–Crippen MR) is 103 cm³/mol. The van der Waals surface area contributed by atoms with E-state index in [-0.39, 0.29) is 28.0 Å². The van der Waals surface area contributed by atoms with Crippen LogP contribution in [0.15, 0.2) is 30.5 Å². The molecule has 0 saturated carbocycles. The number of nitrogens with zero attached hydrogens (tertiary/aromatic N) is 4. The van der Waals surface area contributed by atoms with Crippen molar-refractivity contribution in [3.63, 3.8) is 0 Å². The van der Waals surface area contributed by atoms with E-state index in [1.54, 1.807) is 13.0 Å². The molecule has 0 bridgehead atoms. The second kappa shape index (κ2) is 8.46. The van der Waals surface area contributed by atoms with Crippen LogP contribution in [0.5, 0.6) is 0 Å². The number of rotatable bonds is 6. The van der Waals surface area contributed by atoms with Crippen molar-refractivity contribution < 1.29 is 18.0 Å². The van der Waals surface area contributed by atoms with Gasteiger partial charge in [-0.15, -0.1) is 0 Å². The zero-order valence-corrected chi connectivity index (χ0v) is 16.8. The molecule has 1 amide bonds. The lowest BCUT2D eigenvalue weighted by molar-refractivity contribution is -0.119. The number of nitrogens with one attached hydrogen (secondary N) is 1. The van der Waals surface area contributed by atoms with Crippen LogP contribution in [-0.2, 0) is 11.3 Å². The van der Waals surface area contributed by atoms with Crippen molar-refractivity contribution in [2.75, 3.05) is 5.32 Å². The molecule has 2 heterocycles. The normalized spacial score (nSPS) is 12.4. The van der Waals surface area contributed by atoms with Crippen LogP contribution < -0.4 is 5.32 Å². The molecule has 0 spiro atoms. The topological polar surface area (TPSA) is 64.7 Å². The van der Waals surface area contributed by atoms with Crippen molar-refractivity contribution in [1.29, 1.82) is 0 Å². The van der Waals surface area contributed by atoms with Gasteiger partial charge in [0.05, 0.1) is 6.54 Å². The number of anilines is 1. The standard InChI is InChI=1S/C18H16Cl2F3N5O/c1-9-6-15(16(22)23)25-28(9)10(2)18(29)24-17-13(20)8-27(26-17)7-11-12(19)4-3-5-14(11)21/h3-6,8,10,16H,7H2,1-2H3,(H,24,26,29). The maximum absolute atomic E-state index is 14.0. The summed E-state index contributed by atoms with van der Waals surface area (Å²) < 4.78 is 42.1. The molecular formula is C18H16Cl2F3N5O. The molecule has 0 aliphatic rings. The molecule has 1 aromatic carbocycles. The number of carbonyl (C=O) groups excluding carboxylic acids is 1. The Morgan fingerprint density at radius 3 is 2.59 bits per heavy atom. The number of aromatic nitrogens is 4. The van der Waals surface area contributed by atoms with Crippen molar-refractivity contribution in [2.45, 2.75) is 32.9 Å². The summed E-state index contributed by atoms with van der Waals surface area (Å²) in [7, 11) is 0. The molecule has 3 aromatic rings. The van der Waals surface area contributed by atoms with Crippen LogP contribution in [0, 0.1) is 12.7 Å². The van der Waals surface area contributed by atoms with Crippen LogP contribution in [0.1, 0.15) is 36.3 Å². The first kappa shape index (κ1) is 21.2. The lowest BCUT2D eigenvalue weighted by atomic mass is 10.2. The van der Waals surface area contributed by atoms with Crippen molar-refractivity contribution in [1.82, 2.24) is 19.6 Å². The summed E-state index contributed by atoms with van der Waals surface area (Å²) >= 11 is 12.1. The monoisotopic (exact) mass is 445 g/mol. The first-order chi connectivity index (χ1) is 13.7. The van der Waals surface area contributed by atoms with Gasteiger partial charge in [0.1, 0.15) is 22.6 Å². The molecule has 154 valence electrons. The minimum absolute atomic E-state index is 0.00661. The molecule has 11 heteroatoms. The van der Waals surface area contributed by atoms with Crippen LogP contribution in [0.4, 0.5) is 19.0 Å². The fraction of sp³-hybridized carbons (Fsp3) is 0.278. The Bertz CT molecular complexity index is 1030. The fourth-order valence-electron chi connectivity index (χ4n) is 2.75. The van der Waals surface area contributed by atoms with Gasteiger partial charge in [0.15, 0.2) is 5.82 Å². The van der Waals surface area contributed by atoms with E-state index in [4.69, 9.17) is 23.2 Å². The third-order valence-electron chi connectivity index (χ3n) is 4.25. The van der Waals surface area contributed by atoms with Gasteiger partial charge in [-0.1, -0.05) is 29.3 Å². The van der Waals surface area contributed by atoms with E-state index in [0.29, 0.717) is 5.69 Å². The summed E-state index contributed by atoms with van der Waals surface area (Å²) in [6.07, 6.45) is -1.32. The van der Waals surface area contributed by atoms with Crippen LogP contribution in [-0.4, -0.2) is 25.5 Å². The molecule has 0 radical (unpaired) electrons. The quantitative estimate of drug-likeness (QED) is 0.579. The molecule has 1 N–H and O–H groups in total. The van der Waals surface area contributed by atoms with E-state index >= 15 is 0 Å². The summed E-state index contributed by atoms with van der Waals surface area (Å²) in [5, 5.41) is 10.8. The van der Waals surface area contributed by atoms with Crippen molar-refractivity contribution in [3.05, 3.63) is 63.3 Å². The van der Waals surface area contributed by atoms with Gasteiger partial charge >= 0.3 is 0 Å². The number of hydrogen-bond donors (Lipinski definition) is 1. The Balaban J connectivity index is 1.76. The number of alkyl halides is 2. The second-order valence-corrected chi connectivity index (χ2v) is 7.16. The smallest absolute Gasteiger partial charge is 0.282 e. The Hall–Kier alpha value is -2.52. The minimum Gasteiger partial charge on any atom is -0.306 e. The summed E-state index contributed by atoms with van der Waals surface area (Å²) in [5.74, 6) is -0.990. The average Bonchev–Trinajstić information content (AvgIpc) is 3.20. The van der Waals surface area contributed by atoms with Gasteiger partial charge in [0, 0.05) is 22.5 Å². The van der Waals surface area contributed by atoms with E-state index < -0.39 is 29.9 Å².